The van der Waals surface area contributed by atoms with Crippen LogP contribution < -0.4 is 4.90 Å². The Kier molecular flexibility index (Phi) is 4.27. The molecule has 2 heterocycles. The van der Waals surface area contributed by atoms with Gasteiger partial charge in [-0.25, -0.2) is 9.37 Å². The fraction of sp³-hybridized carbons (Fsp3) is 0.471. The molecule has 2 aromatic rings. The molecule has 0 bridgehead atoms. The topological polar surface area (TPSA) is 34.6 Å². The number of hydrogen-bond acceptors (Lipinski definition) is 4. The van der Waals surface area contributed by atoms with Crippen LogP contribution in [0.2, 0.25) is 0 Å². The van der Waals surface area contributed by atoms with Crippen LogP contribution in [0.4, 0.5) is 10.1 Å². The molecule has 22 heavy (non-hydrogen) atoms. The molecule has 1 aliphatic heterocycles. The lowest BCUT2D eigenvalue weighted by Crippen LogP contribution is -2.48. The molecule has 0 amide bonds. The third kappa shape index (κ3) is 2.91. The maximum Gasteiger partial charge on any atom is 0.149 e. The first-order valence-electron chi connectivity index (χ1n) is 7.53. The first kappa shape index (κ1) is 15.2. The van der Waals surface area contributed by atoms with Crippen LogP contribution in [-0.4, -0.2) is 44.0 Å². The molecule has 5 heteroatoms. The van der Waals surface area contributed by atoms with Crippen molar-refractivity contribution in [1.82, 2.24) is 4.98 Å². The first-order valence-corrected chi connectivity index (χ1v) is 7.53. The fourth-order valence-corrected chi connectivity index (χ4v) is 3.10. The summed E-state index contributed by atoms with van der Waals surface area (Å²) < 4.78 is 25.2. The number of aryl methyl sites for hydroxylation is 1. The van der Waals surface area contributed by atoms with Gasteiger partial charge in [0.05, 0.1) is 18.8 Å². The summed E-state index contributed by atoms with van der Waals surface area (Å²) in [6.45, 7) is 6.00. The summed E-state index contributed by atoms with van der Waals surface area (Å²) in [5, 5.41) is 0.843. The number of halogens is 1. The highest BCUT2D eigenvalue weighted by molar-refractivity contribution is 5.92. The second kappa shape index (κ2) is 6.18. The van der Waals surface area contributed by atoms with Gasteiger partial charge in [0.25, 0.3) is 0 Å². The highest BCUT2D eigenvalue weighted by Crippen LogP contribution is 2.30. The van der Waals surface area contributed by atoms with Gasteiger partial charge in [0.2, 0.25) is 0 Å². The van der Waals surface area contributed by atoms with Gasteiger partial charge in [0, 0.05) is 37.0 Å². The zero-order valence-electron chi connectivity index (χ0n) is 13.2. The smallest absolute Gasteiger partial charge is 0.149 e. The van der Waals surface area contributed by atoms with E-state index in [1.165, 1.54) is 6.07 Å². The molecule has 1 aromatic carbocycles. The lowest BCUT2D eigenvalue weighted by Gasteiger charge is -2.38. The van der Waals surface area contributed by atoms with Crippen molar-refractivity contribution in [2.75, 3.05) is 31.7 Å². The van der Waals surface area contributed by atoms with E-state index in [1.807, 2.05) is 26.0 Å². The molecule has 3 rings (SSSR count). The van der Waals surface area contributed by atoms with Gasteiger partial charge in [-0.15, -0.1) is 0 Å². The number of ether oxygens (including phenoxy) is 2. The number of para-hydroxylation sites is 1. The number of aromatic nitrogens is 1. The van der Waals surface area contributed by atoms with Crippen LogP contribution in [0.3, 0.4) is 0 Å². The molecule has 0 spiro atoms. The average Bonchev–Trinajstić information content (AvgIpc) is 2.47. The lowest BCUT2D eigenvalue weighted by molar-refractivity contribution is -0.0510. The Balaban J connectivity index is 2.03. The second-order valence-electron chi connectivity index (χ2n) is 5.85. The second-order valence-corrected chi connectivity index (χ2v) is 5.85. The zero-order chi connectivity index (χ0) is 15.7. The third-order valence-electron chi connectivity index (χ3n) is 3.92. The predicted molar refractivity (Wildman–Crippen MR) is 84.9 cm³/mol. The lowest BCUT2D eigenvalue weighted by atomic mass is 10.1. The van der Waals surface area contributed by atoms with Crippen LogP contribution >= 0.6 is 0 Å². The fourth-order valence-electron chi connectivity index (χ4n) is 3.10. The summed E-state index contributed by atoms with van der Waals surface area (Å²) in [6, 6.07) is 7.12. The number of fused-ring (bicyclic) bond motifs is 1. The number of methoxy groups -OCH3 is 1. The highest BCUT2D eigenvalue weighted by atomic mass is 19.1. The summed E-state index contributed by atoms with van der Waals surface area (Å²) in [7, 11) is 1.67. The van der Waals surface area contributed by atoms with Crippen LogP contribution in [-0.2, 0) is 9.47 Å². The van der Waals surface area contributed by atoms with Crippen molar-refractivity contribution >= 4 is 16.6 Å². The van der Waals surface area contributed by atoms with E-state index in [0.29, 0.717) is 12.1 Å². The number of pyridine rings is 1. The Morgan fingerprint density at radius 3 is 3.00 bits per heavy atom. The molecule has 0 aliphatic carbocycles. The van der Waals surface area contributed by atoms with E-state index in [-0.39, 0.29) is 18.0 Å². The molecule has 0 saturated carbocycles. The minimum atomic E-state index is -0.280. The minimum absolute atomic E-state index is 0.0193. The predicted octanol–water partition coefficient (Wildman–Crippen LogP) is 2.92. The van der Waals surface area contributed by atoms with E-state index in [1.54, 1.807) is 13.2 Å². The average molecular weight is 304 g/mol. The van der Waals surface area contributed by atoms with Crippen LogP contribution in [0.15, 0.2) is 24.3 Å². The number of hydrogen-bond donors (Lipinski definition) is 0. The number of anilines is 1. The Labute approximate surface area is 129 Å². The molecule has 118 valence electrons. The number of rotatable bonds is 3. The van der Waals surface area contributed by atoms with E-state index < -0.39 is 0 Å². The van der Waals surface area contributed by atoms with Gasteiger partial charge in [0.1, 0.15) is 11.3 Å². The van der Waals surface area contributed by atoms with Crippen molar-refractivity contribution in [2.45, 2.75) is 26.1 Å². The van der Waals surface area contributed by atoms with Gasteiger partial charge in [-0.05, 0) is 26.0 Å². The molecule has 0 radical (unpaired) electrons. The van der Waals surface area contributed by atoms with Gasteiger partial charge in [-0.3, -0.25) is 0 Å². The molecule has 4 nitrogen and oxygen atoms in total. The van der Waals surface area contributed by atoms with Crippen molar-refractivity contribution in [2.24, 2.45) is 0 Å². The van der Waals surface area contributed by atoms with Gasteiger partial charge in [-0.2, -0.15) is 0 Å². The number of benzene rings is 1. The summed E-state index contributed by atoms with van der Waals surface area (Å²) >= 11 is 0. The largest absolute Gasteiger partial charge is 0.382 e. The van der Waals surface area contributed by atoms with E-state index >= 15 is 0 Å². The Morgan fingerprint density at radius 2 is 2.23 bits per heavy atom. The van der Waals surface area contributed by atoms with Crippen molar-refractivity contribution in [1.29, 1.82) is 0 Å². The van der Waals surface area contributed by atoms with E-state index in [0.717, 1.165) is 29.9 Å². The summed E-state index contributed by atoms with van der Waals surface area (Å²) in [5.74, 6) is -0.280. The molecule has 1 fully saturated rings. The van der Waals surface area contributed by atoms with Crippen molar-refractivity contribution in [3.63, 3.8) is 0 Å². The van der Waals surface area contributed by atoms with Crippen molar-refractivity contribution in [3.05, 3.63) is 35.8 Å². The van der Waals surface area contributed by atoms with E-state index in [4.69, 9.17) is 9.47 Å². The Hall–Kier alpha value is -1.72. The normalized spacial score (nSPS) is 22.3. The first-order chi connectivity index (χ1) is 10.6. The molecule has 1 aromatic heterocycles. The SMILES string of the molecule is COCC1CN(c2cc(C)nc3c(F)cccc23)CC(C)O1. The monoisotopic (exact) mass is 304 g/mol. The molecular formula is C17H21FN2O2. The molecular weight excluding hydrogens is 283 g/mol. The van der Waals surface area contributed by atoms with Gasteiger partial charge in [-0.1, -0.05) is 12.1 Å². The van der Waals surface area contributed by atoms with Crippen LogP contribution in [0.1, 0.15) is 12.6 Å². The maximum absolute atomic E-state index is 14.1. The van der Waals surface area contributed by atoms with Gasteiger partial charge < -0.3 is 14.4 Å². The van der Waals surface area contributed by atoms with Crippen molar-refractivity contribution < 1.29 is 13.9 Å². The molecule has 0 N–H and O–H groups in total. The minimum Gasteiger partial charge on any atom is -0.382 e. The highest BCUT2D eigenvalue weighted by Gasteiger charge is 2.26. The van der Waals surface area contributed by atoms with Crippen LogP contribution in [0.5, 0.6) is 0 Å². The van der Waals surface area contributed by atoms with E-state index in [9.17, 15) is 4.39 Å². The standard InChI is InChI=1S/C17H21FN2O2/c1-11-7-16(14-5-4-6-15(18)17(14)19-11)20-8-12(2)22-13(9-20)10-21-3/h4-7,12-13H,8-10H2,1-3H3. The Morgan fingerprint density at radius 1 is 1.41 bits per heavy atom. The number of morpholine rings is 1. The van der Waals surface area contributed by atoms with Gasteiger partial charge >= 0.3 is 0 Å². The molecule has 1 saturated heterocycles. The van der Waals surface area contributed by atoms with Crippen LogP contribution in [0, 0.1) is 12.7 Å². The molecule has 1 aliphatic rings. The summed E-state index contributed by atoms with van der Waals surface area (Å²) in [5.41, 5.74) is 2.26. The molecule has 2 unspecified atom stereocenters. The number of nitrogens with zero attached hydrogens (tertiary/aromatic N) is 2. The maximum atomic E-state index is 14.1. The summed E-state index contributed by atoms with van der Waals surface area (Å²) in [6.07, 6.45) is 0.122. The van der Waals surface area contributed by atoms with Crippen LogP contribution in [0.25, 0.3) is 10.9 Å². The quantitative estimate of drug-likeness (QED) is 0.873. The van der Waals surface area contributed by atoms with Crippen molar-refractivity contribution in [3.8, 4) is 0 Å². The zero-order valence-corrected chi connectivity index (χ0v) is 13.2. The van der Waals surface area contributed by atoms with E-state index in [2.05, 4.69) is 9.88 Å². The molecule has 2 atom stereocenters. The summed E-state index contributed by atoms with van der Waals surface area (Å²) in [4.78, 5) is 6.59. The van der Waals surface area contributed by atoms with Gasteiger partial charge in [0.15, 0.2) is 0 Å². The Bertz CT molecular complexity index is 677. The third-order valence-corrected chi connectivity index (χ3v) is 3.92.